The Labute approximate surface area is 115 Å². The lowest BCUT2D eigenvalue weighted by Gasteiger charge is -2.28. The van der Waals surface area contributed by atoms with E-state index in [0.29, 0.717) is 12.5 Å². The molecule has 0 bridgehead atoms. The van der Waals surface area contributed by atoms with Gasteiger partial charge in [0, 0.05) is 31.7 Å². The summed E-state index contributed by atoms with van der Waals surface area (Å²) in [6.45, 7) is 3.71. The molecule has 1 fully saturated rings. The maximum absolute atomic E-state index is 9.27. The van der Waals surface area contributed by atoms with Crippen molar-refractivity contribution in [1.82, 2.24) is 14.5 Å². The second kappa shape index (κ2) is 5.63. The van der Waals surface area contributed by atoms with Gasteiger partial charge in [0.15, 0.2) is 0 Å². The van der Waals surface area contributed by atoms with Gasteiger partial charge in [-0.15, -0.1) is 0 Å². The van der Waals surface area contributed by atoms with Crippen LogP contribution in [-0.4, -0.2) is 46.3 Å². The molecule has 19 heavy (non-hydrogen) atoms. The molecule has 3 heterocycles. The molecule has 0 saturated carbocycles. The van der Waals surface area contributed by atoms with Gasteiger partial charge >= 0.3 is 0 Å². The van der Waals surface area contributed by atoms with Crippen molar-refractivity contribution >= 4 is 0 Å². The minimum atomic E-state index is 0.307. The van der Waals surface area contributed by atoms with E-state index < -0.39 is 0 Å². The van der Waals surface area contributed by atoms with Crippen LogP contribution in [0, 0.1) is 11.8 Å². The molecule has 2 aliphatic rings. The molecule has 0 aliphatic carbocycles. The largest absolute Gasteiger partial charge is 0.396 e. The van der Waals surface area contributed by atoms with Crippen LogP contribution in [0.25, 0.3) is 0 Å². The molecule has 0 amide bonds. The topological polar surface area (TPSA) is 41.3 Å². The number of aryl methyl sites for hydroxylation is 1. The number of aliphatic hydroxyl groups is 1. The van der Waals surface area contributed by atoms with Crippen molar-refractivity contribution in [3.8, 4) is 0 Å². The normalized spacial score (nSPS) is 25.5. The molecule has 3 rings (SSSR count). The predicted molar refractivity (Wildman–Crippen MR) is 75.0 cm³/mol. The van der Waals surface area contributed by atoms with E-state index in [2.05, 4.69) is 22.7 Å². The van der Waals surface area contributed by atoms with Crippen LogP contribution in [0.2, 0.25) is 0 Å². The third-order valence-corrected chi connectivity index (χ3v) is 4.73. The molecule has 2 aliphatic heterocycles. The number of fused-ring (bicyclic) bond motifs is 1. The minimum Gasteiger partial charge on any atom is -0.396 e. The Morgan fingerprint density at radius 2 is 2.05 bits per heavy atom. The van der Waals surface area contributed by atoms with E-state index in [1.165, 1.54) is 37.4 Å². The number of aromatic nitrogens is 2. The molecule has 1 aromatic rings. The van der Waals surface area contributed by atoms with Crippen LogP contribution in [0.1, 0.15) is 30.8 Å². The fraction of sp³-hybridized carbons (Fsp3) is 0.800. The zero-order chi connectivity index (χ0) is 13.2. The van der Waals surface area contributed by atoms with Crippen LogP contribution < -0.4 is 0 Å². The molecule has 4 nitrogen and oxygen atoms in total. The lowest BCUT2D eigenvalue weighted by atomic mass is 9.93. The number of rotatable bonds is 3. The molecule has 1 saturated heterocycles. The van der Waals surface area contributed by atoms with E-state index in [9.17, 15) is 5.11 Å². The van der Waals surface area contributed by atoms with Gasteiger partial charge in [-0.05, 0) is 51.7 Å². The molecule has 1 N–H and O–H groups in total. The van der Waals surface area contributed by atoms with Crippen LogP contribution >= 0.6 is 0 Å². The Hall–Kier alpha value is -0.870. The first-order valence-corrected chi connectivity index (χ1v) is 7.59. The SMILES string of the molecule is CN1CCC(Cc2cn3c(n2)CCC(CO)C3)CC1. The molecule has 0 spiro atoms. The summed E-state index contributed by atoms with van der Waals surface area (Å²) in [4.78, 5) is 7.22. The summed E-state index contributed by atoms with van der Waals surface area (Å²) < 4.78 is 2.27. The van der Waals surface area contributed by atoms with Crippen molar-refractivity contribution in [2.45, 2.75) is 38.6 Å². The van der Waals surface area contributed by atoms with Gasteiger partial charge in [0.05, 0.1) is 5.69 Å². The van der Waals surface area contributed by atoms with Gasteiger partial charge in [0.25, 0.3) is 0 Å². The second-order valence-electron chi connectivity index (χ2n) is 6.34. The predicted octanol–water partition coefficient (Wildman–Crippen LogP) is 1.32. The zero-order valence-corrected chi connectivity index (χ0v) is 11.9. The van der Waals surface area contributed by atoms with Crippen LogP contribution in [-0.2, 0) is 19.4 Å². The number of aliphatic hydroxyl groups excluding tert-OH is 1. The minimum absolute atomic E-state index is 0.307. The van der Waals surface area contributed by atoms with Crippen LogP contribution in [0.15, 0.2) is 6.20 Å². The summed E-state index contributed by atoms with van der Waals surface area (Å²) in [6, 6.07) is 0. The first-order valence-electron chi connectivity index (χ1n) is 7.59. The summed E-state index contributed by atoms with van der Waals surface area (Å²) in [6.07, 6.45) is 8.09. The highest BCUT2D eigenvalue weighted by Crippen LogP contribution is 2.24. The number of likely N-dealkylation sites (tertiary alicyclic amines) is 1. The van der Waals surface area contributed by atoms with Gasteiger partial charge in [0.2, 0.25) is 0 Å². The van der Waals surface area contributed by atoms with Crippen molar-refractivity contribution in [2.75, 3.05) is 26.7 Å². The van der Waals surface area contributed by atoms with E-state index in [-0.39, 0.29) is 0 Å². The summed E-state index contributed by atoms with van der Waals surface area (Å²) in [5.41, 5.74) is 1.27. The number of hydrogen-bond donors (Lipinski definition) is 1. The summed E-state index contributed by atoms with van der Waals surface area (Å²) in [7, 11) is 2.21. The standard InChI is InChI=1S/C15H25N3O/c1-17-6-4-12(5-7-17)8-14-10-18-9-13(11-19)2-3-15(18)16-14/h10,12-13,19H,2-9,11H2,1H3. The Morgan fingerprint density at radius 1 is 1.26 bits per heavy atom. The molecule has 1 atom stereocenters. The molecule has 106 valence electrons. The highest BCUT2D eigenvalue weighted by molar-refractivity contribution is 5.08. The summed E-state index contributed by atoms with van der Waals surface area (Å²) >= 11 is 0. The van der Waals surface area contributed by atoms with E-state index in [1.807, 2.05) is 0 Å². The Morgan fingerprint density at radius 3 is 2.79 bits per heavy atom. The number of piperidine rings is 1. The maximum Gasteiger partial charge on any atom is 0.108 e. The van der Waals surface area contributed by atoms with Gasteiger partial charge in [0.1, 0.15) is 5.82 Å². The molecule has 1 aromatic heterocycles. The fourth-order valence-corrected chi connectivity index (χ4v) is 3.38. The smallest absolute Gasteiger partial charge is 0.108 e. The van der Waals surface area contributed by atoms with E-state index in [4.69, 9.17) is 4.98 Å². The van der Waals surface area contributed by atoms with Crippen molar-refractivity contribution < 1.29 is 5.11 Å². The number of nitrogens with zero attached hydrogens (tertiary/aromatic N) is 3. The van der Waals surface area contributed by atoms with Gasteiger partial charge in [-0.25, -0.2) is 4.98 Å². The zero-order valence-electron chi connectivity index (χ0n) is 11.9. The van der Waals surface area contributed by atoms with Crippen LogP contribution in [0.3, 0.4) is 0 Å². The van der Waals surface area contributed by atoms with Crippen molar-refractivity contribution in [3.63, 3.8) is 0 Å². The monoisotopic (exact) mass is 263 g/mol. The van der Waals surface area contributed by atoms with E-state index in [0.717, 1.165) is 31.7 Å². The van der Waals surface area contributed by atoms with Crippen molar-refractivity contribution in [3.05, 3.63) is 17.7 Å². The molecular weight excluding hydrogens is 238 g/mol. The first kappa shape index (κ1) is 13.1. The molecule has 0 aromatic carbocycles. The Balaban J connectivity index is 1.62. The third kappa shape index (κ3) is 3.00. The highest BCUT2D eigenvalue weighted by atomic mass is 16.3. The average Bonchev–Trinajstić information content (AvgIpc) is 2.82. The lowest BCUT2D eigenvalue weighted by Crippen LogP contribution is -2.31. The van der Waals surface area contributed by atoms with E-state index >= 15 is 0 Å². The van der Waals surface area contributed by atoms with Gasteiger partial charge in [-0.1, -0.05) is 0 Å². The maximum atomic E-state index is 9.27. The summed E-state index contributed by atoms with van der Waals surface area (Å²) in [5, 5.41) is 9.27. The van der Waals surface area contributed by atoms with Crippen molar-refractivity contribution in [1.29, 1.82) is 0 Å². The number of imidazole rings is 1. The number of hydrogen-bond acceptors (Lipinski definition) is 3. The van der Waals surface area contributed by atoms with E-state index in [1.54, 1.807) is 0 Å². The summed E-state index contributed by atoms with van der Waals surface area (Å²) in [5.74, 6) is 2.47. The van der Waals surface area contributed by atoms with Gasteiger partial charge in [-0.3, -0.25) is 0 Å². The van der Waals surface area contributed by atoms with Crippen LogP contribution in [0.4, 0.5) is 0 Å². The van der Waals surface area contributed by atoms with Crippen LogP contribution in [0.5, 0.6) is 0 Å². The quantitative estimate of drug-likeness (QED) is 0.894. The molecule has 4 heteroatoms. The van der Waals surface area contributed by atoms with Gasteiger partial charge < -0.3 is 14.6 Å². The highest BCUT2D eigenvalue weighted by Gasteiger charge is 2.22. The van der Waals surface area contributed by atoms with Crippen molar-refractivity contribution in [2.24, 2.45) is 11.8 Å². The third-order valence-electron chi connectivity index (χ3n) is 4.73. The Kier molecular flexibility index (Phi) is 3.89. The fourth-order valence-electron chi connectivity index (χ4n) is 3.38. The molecule has 1 unspecified atom stereocenters. The Bertz CT molecular complexity index is 421. The van der Waals surface area contributed by atoms with Gasteiger partial charge in [-0.2, -0.15) is 0 Å². The molecular formula is C15H25N3O. The lowest BCUT2D eigenvalue weighted by molar-refractivity contribution is 0.190. The molecule has 0 radical (unpaired) electrons. The second-order valence-corrected chi connectivity index (χ2v) is 6.34. The first-order chi connectivity index (χ1) is 9.24. The average molecular weight is 263 g/mol.